The monoisotopic (exact) mass is 388 g/mol. The van der Waals surface area contributed by atoms with Crippen LogP contribution in [0.1, 0.15) is 23.4 Å². The van der Waals surface area contributed by atoms with Gasteiger partial charge in [-0.05, 0) is 42.7 Å². The molecule has 0 bridgehead atoms. The van der Waals surface area contributed by atoms with Crippen LogP contribution in [-0.2, 0) is 6.42 Å². The number of pyridine rings is 1. The number of benzene rings is 1. The summed E-state index contributed by atoms with van der Waals surface area (Å²) in [4.78, 5) is 16.1. The van der Waals surface area contributed by atoms with Gasteiger partial charge >= 0.3 is 6.01 Å². The highest BCUT2D eigenvalue weighted by molar-refractivity contribution is 5.88. The highest BCUT2D eigenvalue weighted by atomic mass is 16.5. The Labute approximate surface area is 170 Å². The smallest absolute Gasteiger partial charge is 0.324 e. The first-order valence-electron chi connectivity index (χ1n) is 9.94. The Morgan fingerprint density at radius 1 is 1.21 bits per heavy atom. The fourth-order valence-electron chi connectivity index (χ4n) is 4.16. The number of nitrogens with zero attached hydrogens (tertiary/aromatic N) is 4. The molecular formula is C22H24N6O. The van der Waals surface area contributed by atoms with Crippen LogP contribution in [0.4, 0.5) is 11.5 Å². The lowest BCUT2D eigenvalue weighted by Gasteiger charge is -2.21. The maximum atomic E-state index is 6.19. The second-order valence-corrected chi connectivity index (χ2v) is 7.64. The average Bonchev–Trinajstić information content (AvgIpc) is 3.32. The molecule has 3 aromatic rings. The van der Waals surface area contributed by atoms with Crippen molar-refractivity contribution < 1.29 is 4.74 Å². The molecule has 1 aliphatic carbocycles. The maximum Gasteiger partial charge on any atom is 0.324 e. The predicted molar refractivity (Wildman–Crippen MR) is 114 cm³/mol. The van der Waals surface area contributed by atoms with E-state index in [0.717, 1.165) is 54.4 Å². The number of hydrogen-bond donors (Lipinski definition) is 2. The Balaban J connectivity index is 1.61. The van der Waals surface area contributed by atoms with Gasteiger partial charge in [-0.25, -0.2) is 0 Å². The molecule has 0 radical (unpaired) electrons. The van der Waals surface area contributed by atoms with E-state index in [1.54, 1.807) is 6.20 Å². The van der Waals surface area contributed by atoms with Gasteiger partial charge in [-0.2, -0.15) is 9.97 Å². The van der Waals surface area contributed by atoms with E-state index in [1.165, 1.54) is 11.1 Å². The van der Waals surface area contributed by atoms with E-state index in [1.807, 2.05) is 26.1 Å². The summed E-state index contributed by atoms with van der Waals surface area (Å²) in [6.07, 6.45) is 3.41. The first-order valence-corrected chi connectivity index (χ1v) is 9.94. The van der Waals surface area contributed by atoms with Crippen molar-refractivity contribution in [3.8, 4) is 22.9 Å². The first-order chi connectivity index (χ1) is 14.1. The second kappa shape index (κ2) is 7.00. The van der Waals surface area contributed by atoms with Gasteiger partial charge in [-0.15, -0.1) is 0 Å². The summed E-state index contributed by atoms with van der Waals surface area (Å²) in [7, 11) is 1.95. The van der Waals surface area contributed by atoms with Crippen LogP contribution in [0.25, 0.3) is 11.1 Å². The Morgan fingerprint density at radius 2 is 2.10 bits per heavy atom. The van der Waals surface area contributed by atoms with E-state index in [0.29, 0.717) is 11.8 Å². The van der Waals surface area contributed by atoms with Crippen molar-refractivity contribution in [3.05, 3.63) is 53.5 Å². The molecule has 1 aliphatic heterocycles. The summed E-state index contributed by atoms with van der Waals surface area (Å²) in [5.41, 5.74) is 12.8. The van der Waals surface area contributed by atoms with Crippen LogP contribution < -0.4 is 20.7 Å². The fourth-order valence-corrected chi connectivity index (χ4v) is 4.16. The molecule has 0 amide bonds. The highest BCUT2D eigenvalue weighted by Gasteiger charge is 2.31. The number of nitrogens with one attached hydrogen (secondary N) is 1. The Morgan fingerprint density at radius 3 is 2.83 bits per heavy atom. The molecule has 2 aromatic heterocycles. The van der Waals surface area contributed by atoms with E-state index >= 15 is 0 Å². The van der Waals surface area contributed by atoms with Crippen molar-refractivity contribution >= 4 is 11.5 Å². The molecule has 3 heterocycles. The molecule has 1 aromatic carbocycles. The van der Waals surface area contributed by atoms with Gasteiger partial charge in [0.25, 0.3) is 0 Å². The average molecular weight is 388 g/mol. The molecule has 0 saturated carbocycles. The number of nitrogens with two attached hydrogens (primary N) is 1. The molecule has 7 heteroatoms. The number of anilines is 2. The van der Waals surface area contributed by atoms with Gasteiger partial charge in [0.2, 0.25) is 0 Å². The lowest BCUT2D eigenvalue weighted by atomic mass is 10.1. The van der Waals surface area contributed by atoms with Crippen LogP contribution >= 0.6 is 0 Å². The first kappa shape index (κ1) is 17.9. The summed E-state index contributed by atoms with van der Waals surface area (Å²) < 4.78 is 5.98. The molecule has 7 nitrogen and oxygen atoms in total. The number of hydrogen-bond acceptors (Lipinski definition) is 7. The third-order valence-corrected chi connectivity index (χ3v) is 5.62. The molecule has 1 atom stereocenters. The molecule has 29 heavy (non-hydrogen) atoms. The lowest BCUT2D eigenvalue weighted by Crippen LogP contribution is -2.27. The zero-order chi connectivity index (χ0) is 20.0. The minimum Gasteiger partial charge on any atom is -0.423 e. The third kappa shape index (κ3) is 3.17. The third-order valence-electron chi connectivity index (χ3n) is 5.62. The molecule has 1 fully saturated rings. The standard InChI is InChI=1S/C22H24N6O/c1-13-6-7-15(11-25-13)29-22-26-19-10-17-16(4-3-5-18(17)24-2)20(19)21(27-22)28-9-8-14(23)12-28/h3-7,11,14,24H,8-10,12,23H2,1-2H3/t14-/m1/s1. The van der Waals surface area contributed by atoms with Crippen LogP contribution in [0, 0.1) is 6.92 Å². The van der Waals surface area contributed by atoms with Gasteiger partial charge < -0.3 is 20.7 Å². The molecule has 0 spiro atoms. The van der Waals surface area contributed by atoms with Crippen LogP contribution in [-0.4, -0.2) is 41.1 Å². The van der Waals surface area contributed by atoms with Crippen molar-refractivity contribution in [2.24, 2.45) is 5.73 Å². The van der Waals surface area contributed by atoms with Gasteiger partial charge in [0, 0.05) is 49.5 Å². The Hall–Kier alpha value is -3.19. The second-order valence-electron chi connectivity index (χ2n) is 7.64. The van der Waals surface area contributed by atoms with Crippen molar-refractivity contribution in [2.75, 3.05) is 30.4 Å². The van der Waals surface area contributed by atoms with Gasteiger partial charge in [0.05, 0.1) is 11.9 Å². The summed E-state index contributed by atoms with van der Waals surface area (Å²) in [5, 5.41) is 3.30. The minimum atomic E-state index is 0.163. The number of ether oxygens (including phenoxy) is 1. The largest absolute Gasteiger partial charge is 0.423 e. The molecule has 5 rings (SSSR count). The normalized spacial score (nSPS) is 17.2. The van der Waals surface area contributed by atoms with Crippen LogP contribution in [0.15, 0.2) is 36.5 Å². The summed E-state index contributed by atoms with van der Waals surface area (Å²) >= 11 is 0. The van der Waals surface area contributed by atoms with E-state index in [-0.39, 0.29) is 6.04 Å². The van der Waals surface area contributed by atoms with E-state index in [2.05, 4.69) is 33.4 Å². The SMILES string of the molecule is CNc1cccc2c1Cc1nc(Oc3ccc(C)nc3)nc(N3CC[C@@H](N)C3)c1-2. The fraction of sp³-hybridized carbons (Fsp3) is 0.318. The Kier molecular flexibility index (Phi) is 4.32. The zero-order valence-electron chi connectivity index (χ0n) is 16.6. The zero-order valence-corrected chi connectivity index (χ0v) is 16.6. The van der Waals surface area contributed by atoms with Crippen LogP contribution in [0.3, 0.4) is 0 Å². The molecular weight excluding hydrogens is 364 g/mol. The molecule has 148 valence electrons. The van der Waals surface area contributed by atoms with Gasteiger partial charge in [0.1, 0.15) is 11.6 Å². The van der Waals surface area contributed by atoms with Gasteiger partial charge in [-0.3, -0.25) is 4.98 Å². The minimum absolute atomic E-state index is 0.163. The van der Waals surface area contributed by atoms with E-state index in [4.69, 9.17) is 20.4 Å². The van der Waals surface area contributed by atoms with E-state index < -0.39 is 0 Å². The number of fused-ring (bicyclic) bond motifs is 3. The number of rotatable bonds is 4. The Bertz CT molecular complexity index is 1070. The van der Waals surface area contributed by atoms with Crippen molar-refractivity contribution in [1.29, 1.82) is 0 Å². The van der Waals surface area contributed by atoms with Crippen LogP contribution in [0.5, 0.6) is 11.8 Å². The summed E-state index contributed by atoms with van der Waals surface area (Å²) in [6, 6.07) is 10.6. The van der Waals surface area contributed by atoms with Crippen LogP contribution in [0.2, 0.25) is 0 Å². The number of aromatic nitrogens is 3. The lowest BCUT2D eigenvalue weighted by molar-refractivity contribution is 0.438. The summed E-state index contributed by atoms with van der Waals surface area (Å²) in [5.74, 6) is 1.54. The maximum absolute atomic E-state index is 6.19. The summed E-state index contributed by atoms with van der Waals surface area (Å²) in [6.45, 7) is 3.62. The quantitative estimate of drug-likeness (QED) is 0.555. The van der Waals surface area contributed by atoms with Gasteiger partial charge in [-0.1, -0.05) is 12.1 Å². The van der Waals surface area contributed by atoms with Gasteiger partial charge in [0.15, 0.2) is 0 Å². The number of aryl methyl sites for hydroxylation is 1. The molecule has 3 N–H and O–H groups in total. The molecule has 2 aliphatic rings. The van der Waals surface area contributed by atoms with Crippen molar-refractivity contribution in [2.45, 2.75) is 25.8 Å². The van der Waals surface area contributed by atoms with E-state index in [9.17, 15) is 0 Å². The van der Waals surface area contributed by atoms with Crippen molar-refractivity contribution in [3.63, 3.8) is 0 Å². The van der Waals surface area contributed by atoms with Crippen molar-refractivity contribution in [1.82, 2.24) is 15.0 Å². The molecule has 0 unspecified atom stereocenters. The predicted octanol–water partition coefficient (Wildman–Crippen LogP) is 3.12. The topological polar surface area (TPSA) is 89.2 Å². The highest BCUT2D eigenvalue weighted by Crippen LogP contribution is 2.45. The molecule has 1 saturated heterocycles.